The van der Waals surface area contributed by atoms with Gasteiger partial charge in [-0.1, -0.05) is 38.1 Å². The highest BCUT2D eigenvalue weighted by molar-refractivity contribution is 6.04. The van der Waals surface area contributed by atoms with Crippen LogP contribution in [0.5, 0.6) is 0 Å². The molecule has 0 radical (unpaired) electrons. The summed E-state index contributed by atoms with van der Waals surface area (Å²) in [4.78, 5) is 36.3. The number of fused-ring (bicyclic) bond motifs is 1. The molecule has 1 aromatic rings. The molecule has 0 bridgehead atoms. The molecule has 2 saturated carbocycles. The van der Waals surface area contributed by atoms with E-state index in [0.29, 0.717) is 43.3 Å². The van der Waals surface area contributed by atoms with Crippen LogP contribution in [0.2, 0.25) is 0 Å². The van der Waals surface area contributed by atoms with E-state index >= 15 is 0 Å². The molecule has 0 aromatic heterocycles. The minimum atomic E-state index is -0.752. The molecule has 1 aromatic carbocycles. The van der Waals surface area contributed by atoms with Gasteiger partial charge in [-0.3, -0.25) is 10.1 Å². The molecule has 1 amide bonds. The molecule has 6 rings (SSSR count). The number of guanidine groups is 1. The summed E-state index contributed by atoms with van der Waals surface area (Å²) in [6, 6.07) is 7.14. The first-order valence-corrected chi connectivity index (χ1v) is 16.1. The smallest absolute Gasteiger partial charge is 0.343 e. The van der Waals surface area contributed by atoms with Crippen molar-refractivity contribution in [1.29, 1.82) is 0 Å². The van der Waals surface area contributed by atoms with Crippen LogP contribution in [0.1, 0.15) is 45.6 Å². The number of aliphatic hydroxyl groups is 2. The van der Waals surface area contributed by atoms with Crippen molar-refractivity contribution in [3.05, 3.63) is 59.4 Å². The van der Waals surface area contributed by atoms with E-state index < -0.39 is 29.1 Å². The molecule has 5 aliphatic rings. The van der Waals surface area contributed by atoms with E-state index in [1.807, 2.05) is 62.3 Å². The fourth-order valence-electron chi connectivity index (χ4n) is 8.12. The number of aliphatic hydroxyl groups excluding tert-OH is 2. The summed E-state index contributed by atoms with van der Waals surface area (Å²) in [5.74, 6) is -0.179. The highest BCUT2D eigenvalue weighted by atomic mass is 16.6. The van der Waals surface area contributed by atoms with Crippen LogP contribution >= 0.6 is 0 Å². The molecular weight excluding hydrogens is 586 g/mol. The van der Waals surface area contributed by atoms with Crippen molar-refractivity contribution in [2.75, 3.05) is 38.8 Å². The van der Waals surface area contributed by atoms with Crippen molar-refractivity contribution < 1.29 is 29.3 Å². The topological polar surface area (TPSA) is 148 Å². The number of aliphatic imine (C=N–C) groups is 2. The van der Waals surface area contributed by atoms with Crippen LogP contribution in [-0.2, 0) is 19.1 Å². The summed E-state index contributed by atoms with van der Waals surface area (Å²) in [6.07, 6.45) is 10.3. The van der Waals surface area contributed by atoms with Gasteiger partial charge < -0.3 is 29.9 Å². The Morgan fingerprint density at radius 3 is 2.61 bits per heavy atom. The zero-order chi connectivity index (χ0) is 32.9. The number of benzene rings is 1. The van der Waals surface area contributed by atoms with Crippen LogP contribution in [0.3, 0.4) is 0 Å². The normalized spacial score (nSPS) is 36.4. The van der Waals surface area contributed by atoms with Crippen LogP contribution in [0.15, 0.2) is 63.8 Å². The average Bonchev–Trinajstić information content (AvgIpc) is 3.48. The van der Waals surface area contributed by atoms with E-state index in [1.165, 1.54) is 0 Å². The first kappa shape index (κ1) is 32.3. The molecule has 11 heteroatoms. The first-order chi connectivity index (χ1) is 21.9. The van der Waals surface area contributed by atoms with E-state index in [1.54, 1.807) is 19.2 Å². The number of carbonyl (C=O) groups excluding carboxylic acids is 2. The highest BCUT2D eigenvalue weighted by Crippen LogP contribution is 2.65. The summed E-state index contributed by atoms with van der Waals surface area (Å²) in [7, 11) is 3.97. The maximum atomic E-state index is 13.1. The van der Waals surface area contributed by atoms with Gasteiger partial charge in [0, 0.05) is 43.4 Å². The molecule has 4 N–H and O–H groups in total. The van der Waals surface area contributed by atoms with Crippen molar-refractivity contribution in [2.45, 2.75) is 63.8 Å². The first-order valence-electron chi connectivity index (χ1n) is 16.1. The molecule has 8 atom stereocenters. The fraction of sp³-hybridized carbons (Fsp3) is 0.543. The number of esters is 1. The Labute approximate surface area is 270 Å². The number of hydrogen-bond donors (Lipinski definition) is 4. The number of cyclic esters (lactones) is 1. The van der Waals surface area contributed by atoms with Crippen LogP contribution in [0.4, 0.5) is 5.69 Å². The van der Waals surface area contributed by atoms with E-state index in [0.717, 1.165) is 17.7 Å². The second-order valence-corrected chi connectivity index (χ2v) is 14.0. The van der Waals surface area contributed by atoms with Gasteiger partial charge >= 0.3 is 5.97 Å². The number of carbonyl (C=O) groups is 2. The summed E-state index contributed by atoms with van der Waals surface area (Å²) >= 11 is 0. The van der Waals surface area contributed by atoms with E-state index in [4.69, 9.17) is 9.47 Å². The summed E-state index contributed by atoms with van der Waals surface area (Å²) in [6.45, 7) is 6.73. The van der Waals surface area contributed by atoms with E-state index in [2.05, 4.69) is 33.6 Å². The quantitative estimate of drug-likeness (QED) is 0.253. The predicted molar refractivity (Wildman–Crippen MR) is 176 cm³/mol. The van der Waals surface area contributed by atoms with Crippen LogP contribution in [-0.4, -0.2) is 91.9 Å². The third-order valence-electron chi connectivity index (χ3n) is 11.0. The fourth-order valence-corrected chi connectivity index (χ4v) is 8.12. The van der Waals surface area contributed by atoms with Crippen LogP contribution in [0.25, 0.3) is 6.08 Å². The Balaban J connectivity index is 1.29. The van der Waals surface area contributed by atoms with Crippen molar-refractivity contribution in [3.63, 3.8) is 0 Å². The predicted octanol–water partition coefficient (Wildman–Crippen LogP) is 2.60. The largest absolute Gasteiger partial charge is 0.423 e. The molecule has 1 spiro atoms. The van der Waals surface area contributed by atoms with Crippen molar-refractivity contribution in [1.82, 2.24) is 10.6 Å². The number of hydrogen-bond acceptors (Lipinski definition) is 10. The van der Waals surface area contributed by atoms with Gasteiger partial charge in [-0.2, -0.15) is 0 Å². The third kappa shape index (κ3) is 5.74. The highest BCUT2D eigenvalue weighted by Gasteiger charge is 2.70. The number of anilines is 1. The number of allylic oxidation sites excluding steroid dienone is 1. The third-order valence-corrected chi connectivity index (χ3v) is 11.0. The van der Waals surface area contributed by atoms with Crippen LogP contribution < -0.4 is 15.5 Å². The van der Waals surface area contributed by atoms with Gasteiger partial charge in [-0.15, -0.1) is 0 Å². The second kappa shape index (κ2) is 12.2. The molecule has 3 aliphatic heterocycles. The Morgan fingerprint density at radius 1 is 1.24 bits per heavy atom. The van der Waals surface area contributed by atoms with Crippen LogP contribution in [0, 0.1) is 22.7 Å². The van der Waals surface area contributed by atoms with Crippen molar-refractivity contribution in [2.24, 2.45) is 32.7 Å². The lowest BCUT2D eigenvalue weighted by atomic mass is 9.44. The zero-order valence-electron chi connectivity index (χ0n) is 27.2. The maximum Gasteiger partial charge on any atom is 0.343 e. The van der Waals surface area contributed by atoms with E-state index in [-0.39, 0.29) is 35.8 Å². The number of amides is 1. The van der Waals surface area contributed by atoms with Gasteiger partial charge in [-0.05, 0) is 67.4 Å². The number of rotatable bonds is 8. The van der Waals surface area contributed by atoms with Gasteiger partial charge in [0.2, 0.25) is 11.9 Å². The maximum absolute atomic E-state index is 13.1. The molecule has 5 unspecified atom stereocenters. The molecule has 2 aliphatic carbocycles. The van der Waals surface area contributed by atoms with Gasteiger partial charge in [-0.25, -0.2) is 14.8 Å². The molecular formula is C35H45N5O6. The lowest BCUT2D eigenvalue weighted by molar-refractivity contribution is -0.174. The van der Waals surface area contributed by atoms with Gasteiger partial charge in [0.1, 0.15) is 11.4 Å². The summed E-state index contributed by atoms with van der Waals surface area (Å²) in [5, 5.41) is 28.1. The standard InChI is InChI=1S/C35H45N5O6/c1-21(30(43)39-32-36-14-15-37-32)38-28-18-27-33(2,13-12-29(42)34(27,3)19-41)26(35(28)20-45-35)11-8-23-17-25(46-31(23)44)16-22-6-9-24(10-7-22)40(4)5/h6-11,14,16-17,21,26-29,38,41-42H,12-13,15,18-20H2,1-5H3,(H,37,39,43)/b11-8+,25-16+/t21?,26?,27?,28?,29-,33-,34+,35?/m1/s1. The van der Waals surface area contributed by atoms with Gasteiger partial charge in [0.25, 0.3) is 0 Å². The molecule has 1 saturated heterocycles. The van der Waals surface area contributed by atoms with Gasteiger partial charge in [0.15, 0.2) is 0 Å². The Hall–Kier alpha value is -3.64. The minimum absolute atomic E-state index is 0.0973. The lowest BCUT2D eigenvalue weighted by Crippen LogP contribution is -2.67. The lowest BCUT2D eigenvalue weighted by Gasteiger charge is -2.62. The van der Waals surface area contributed by atoms with Crippen molar-refractivity contribution >= 4 is 35.8 Å². The van der Waals surface area contributed by atoms with E-state index in [9.17, 15) is 19.8 Å². The van der Waals surface area contributed by atoms with Gasteiger partial charge in [0.05, 0.1) is 37.5 Å². The summed E-state index contributed by atoms with van der Waals surface area (Å²) < 4.78 is 11.9. The second-order valence-electron chi connectivity index (χ2n) is 14.0. The Kier molecular flexibility index (Phi) is 8.56. The molecule has 3 fully saturated rings. The number of ether oxygens (including phenoxy) is 2. The Bertz CT molecular complexity index is 1530. The number of epoxide rings is 1. The minimum Gasteiger partial charge on any atom is -0.423 e. The SMILES string of the molecule is CC(NC1CC2[C@](C)(CC[C@@H](O)[C@@]2(C)CO)C(/C=C/C2=CC(=C\c3ccc(N(C)C)cc3)/OC2=O)C12CO2)C(=O)NC1=NCC=N1. The number of nitrogens with zero attached hydrogens (tertiary/aromatic N) is 3. The molecule has 46 heavy (non-hydrogen) atoms. The molecule has 246 valence electrons. The summed E-state index contributed by atoms with van der Waals surface area (Å²) in [5.41, 5.74) is 0.718. The average molecular weight is 632 g/mol. The van der Waals surface area contributed by atoms with Crippen molar-refractivity contribution in [3.8, 4) is 0 Å². The monoisotopic (exact) mass is 631 g/mol. The Morgan fingerprint density at radius 2 is 1.98 bits per heavy atom. The molecule has 11 nitrogen and oxygen atoms in total. The number of nitrogens with one attached hydrogen (secondary N) is 2. The zero-order valence-corrected chi connectivity index (χ0v) is 27.2. The molecule has 3 heterocycles.